The number of hydrogen-bond donors (Lipinski definition) is 0. The molecule has 0 radical (unpaired) electrons. The highest BCUT2D eigenvalue weighted by Gasteiger charge is 2.24. The van der Waals surface area contributed by atoms with Crippen LogP contribution in [-0.2, 0) is 9.53 Å². The zero-order valence-corrected chi connectivity index (χ0v) is 18.9. The first-order valence-electron chi connectivity index (χ1n) is 10.6. The number of benzene rings is 1. The van der Waals surface area contributed by atoms with Crippen molar-refractivity contribution >= 4 is 17.7 Å². The van der Waals surface area contributed by atoms with E-state index >= 15 is 0 Å². The second-order valence-corrected chi connectivity index (χ2v) is 8.39. The van der Waals surface area contributed by atoms with Gasteiger partial charge in [-0.15, -0.1) is 10.2 Å². The van der Waals surface area contributed by atoms with Crippen molar-refractivity contribution in [3.63, 3.8) is 0 Å². The van der Waals surface area contributed by atoms with E-state index in [1.54, 1.807) is 26.0 Å². The van der Waals surface area contributed by atoms with Crippen molar-refractivity contribution in [1.29, 1.82) is 0 Å². The van der Waals surface area contributed by atoms with Gasteiger partial charge in [-0.3, -0.25) is 9.36 Å². The van der Waals surface area contributed by atoms with Gasteiger partial charge in [0.15, 0.2) is 11.0 Å². The average Bonchev–Trinajstić information content (AvgIpc) is 3.21. The van der Waals surface area contributed by atoms with Crippen molar-refractivity contribution < 1.29 is 19.0 Å². The average molecular weight is 434 g/mol. The van der Waals surface area contributed by atoms with Crippen LogP contribution in [0.25, 0.3) is 11.4 Å². The van der Waals surface area contributed by atoms with Crippen LogP contribution < -0.4 is 9.47 Å². The Balaban J connectivity index is 1.84. The summed E-state index contributed by atoms with van der Waals surface area (Å²) in [6, 6.07) is 6.19. The Morgan fingerprint density at radius 2 is 1.80 bits per heavy atom. The lowest BCUT2D eigenvalue weighted by molar-refractivity contribution is -0.143. The van der Waals surface area contributed by atoms with Crippen molar-refractivity contribution in [2.24, 2.45) is 0 Å². The van der Waals surface area contributed by atoms with Gasteiger partial charge in [-0.25, -0.2) is 0 Å². The van der Waals surface area contributed by atoms with Crippen LogP contribution in [-0.4, -0.2) is 47.3 Å². The molecule has 1 fully saturated rings. The minimum Gasteiger partial charge on any atom is -0.497 e. The first-order valence-corrected chi connectivity index (χ1v) is 11.6. The summed E-state index contributed by atoms with van der Waals surface area (Å²) in [4.78, 5) is 11.6. The number of thioether (sulfide) groups is 1. The van der Waals surface area contributed by atoms with E-state index in [2.05, 4.69) is 14.8 Å². The molecule has 0 atom stereocenters. The van der Waals surface area contributed by atoms with Gasteiger partial charge in [0.1, 0.15) is 11.5 Å². The van der Waals surface area contributed by atoms with E-state index in [1.165, 1.54) is 19.3 Å². The van der Waals surface area contributed by atoms with Gasteiger partial charge >= 0.3 is 5.97 Å². The summed E-state index contributed by atoms with van der Waals surface area (Å²) in [5.41, 5.74) is 0.933. The Morgan fingerprint density at radius 1 is 1.10 bits per heavy atom. The second kappa shape index (κ2) is 11.2. The van der Waals surface area contributed by atoms with Gasteiger partial charge in [0.25, 0.3) is 0 Å². The molecule has 30 heavy (non-hydrogen) atoms. The molecule has 1 heterocycles. The van der Waals surface area contributed by atoms with Crippen LogP contribution in [0, 0.1) is 0 Å². The van der Waals surface area contributed by atoms with Crippen molar-refractivity contribution in [3.05, 3.63) is 18.2 Å². The molecule has 2 aromatic rings. The molecular weight excluding hydrogens is 402 g/mol. The predicted molar refractivity (Wildman–Crippen MR) is 117 cm³/mol. The molecule has 8 heteroatoms. The first-order chi connectivity index (χ1) is 14.7. The molecule has 3 rings (SSSR count). The van der Waals surface area contributed by atoms with Crippen LogP contribution in [0.4, 0.5) is 0 Å². The molecule has 0 amide bonds. The third kappa shape index (κ3) is 5.68. The Labute approximate surface area is 182 Å². The van der Waals surface area contributed by atoms with Crippen LogP contribution >= 0.6 is 11.8 Å². The van der Waals surface area contributed by atoms with Crippen molar-refractivity contribution in [3.8, 4) is 22.9 Å². The van der Waals surface area contributed by atoms with E-state index in [1.807, 2.05) is 25.1 Å². The molecule has 1 aliphatic carbocycles. The fourth-order valence-electron chi connectivity index (χ4n) is 3.79. The predicted octanol–water partition coefficient (Wildman–Crippen LogP) is 4.90. The summed E-state index contributed by atoms with van der Waals surface area (Å²) in [6.45, 7) is 2.25. The highest BCUT2D eigenvalue weighted by Crippen LogP contribution is 2.37. The van der Waals surface area contributed by atoms with E-state index in [-0.39, 0.29) is 5.97 Å². The van der Waals surface area contributed by atoms with Gasteiger partial charge in [0, 0.05) is 29.8 Å². The van der Waals surface area contributed by atoms with Gasteiger partial charge < -0.3 is 14.2 Å². The Kier molecular flexibility index (Phi) is 8.42. The molecule has 1 aromatic heterocycles. The van der Waals surface area contributed by atoms with E-state index in [0.717, 1.165) is 53.1 Å². The van der Waals surface area contributed by atoms with E-state index in [0.29, 0.717) is 19.1 Å². The minimum atomic E-state index is -0.143. The summed E-state index contributed by atoms with van der Waals surface area (Å²) >= 11 is 1.66. The quantitative estimate of drug-likeness (QED) is 0.299. The highest BCUT2D eigenvalue weighted by molar-refractivity contribution is 7.99. The molecule has 1 saturated carbocycles. The topological polar surface area (TPSA) is 75.5 Å². The lowest BCUT2D eigenvalue weighted by atomic mass is 9.95. The summed E-state index contributed by atoms with van der Waals surface area (Å²) in [5, 5.41) is 9.96. The zero-order valence-electron chi connectivity index (χ0n) is 18.1. The second-order valence-electron chi connectivity index (χ2n) is 7.33. The Bertz CT molecular complexity index is 812. The zero-order chi connectivity index (χ0) is 21.3. The van der Waals surface area contributed by atoms with Gasteiger partial charge in [0.2, 0.25) is 0 Å². The maximum absolute atomic E-state index is 11.6. The molecular formula is C22H31N3O4S. The molecule has 0 saturated heterocycles. The molecule has 0 N–H and O–H groups in total. The number of nitrogens with zero attached hydrogens (tertiary/aromatic N) is 3. The van der Waals surface area contributed by atoms with Crippen LogP contribution in [0.5, 0.6) is 11.5 Å². The molecule has 0 aliphatic heterocycles. The number of ether oxygens (including phenoxy) is 3. The maximum Gasteiger partial charge on any atom is 0.305 e. The van der Waals surface area contributed by atoms with Crippen LogP contribution in [0.3, 0.4) is 0 Å². The van der Waals surface area contributed by atoms with Crippen LogP contribution in [0.15, 0.2) is 23.4 Å². The van der Waals surface area contributed by atoms with Crippen LogP contribution in [0.2, 0.25) is 0 Å². The molecule has 0 bridgehead atoms. The Morgan fingerprint density at radius 3 is 2.43 bits per heavy atom. The van der Waals surface area contributed by atoms with Gasteiger partial charge in [-0.2, -0.15) is 0 Å². The minimum absolute atomic E-state index is 0.143. The molecule has 0 unspecified atom stereocenters. The number of aromatic nitrogens is 3. The van der Waals surface area contributed by atoms with Crippen molar-refractivity contribution in [2.75, 3.05) is 26.6 Å². The van der Waals surface area contributed by atoms with Crippen molar-refractivity contribution in [1.82, 2.24) is 14.8 Å². The fraction of sp³-hybridized carbons (Fsp3) is 0.591. The monoisotopic (exact) mass is 433 g/mol. The smallest absolute Gasteiger partial charge is 0.305 e. The van der Waals surface area contributed by atoms with Gasteiger partial charge in [-0.05, 0) is 38.3 Å². The molecule has 7 nitrogen and oxygen atoms in total. The normalized spacial score (nSPS) is 14.5. The molecule has 0 spiro atoms. The number of esters is 1. The summed E-state index contributed by atoms with van der Waals surface area (Å²) in [7, 11) is 3.30. The number of rotatable bonds is 10. The number of carbonyl (C=O) groups is 1. The van der Waals surface area contributed by atoms with Gasteiger partial charge in [0.05, 0.1) is 20.8 Å². The summed E-state index contributed by atoms with van der Waals surface area (Å²) in [6.07, 6.45) is 7.16. The SMILES string of the molecule is CCOC(=O)CCCSc1nnc(-c2cc(OC)cc(OC)c2)n1C1CCCCC1. The highest BCUT2D eigenvalue weighted by atomic mass is 32.2. The number of hydrogen-bond acceptors (Lipinski definition) is 7. The third-order valence-corrected chi connectivity index (χ3v) is 6.31. The maximum atomic E-state index is 11.6. The number of carbonyl (C=O) groups excluding carboxylic acids is 1. The molecule has 1 aliphatic rings. The van der Waals surface area contributed by atoms with Crippen LogP contribution in [0.1, 0.15) is 57.9 Å². The summed E-state index contributed by atoms with van der Waals surface area (Å²) in [5.74, 6) is 2.95. The molecule has 1 aromatic carbocycles. The lowest BCUT2D eigenvalue weighted by Crippen LogP contribution is -2.15. The summed E-state index contributed by atoms with van der Waals surface area (Å²) < 4.78 is 18.2. The lowest BCUT2D eigenvalue weighted by Gasteiger charge is -2.25. The van der Waals surface area contributed by atoms with E-state index in [9.17, 15) is 4.79 Å². The molecule has 164 valence electrons. The standard InChI is InChI=1S/C22H31N3O4S/c1-4-29-20(26)11-8-12-30-22-24-23-21(25(22)17-9-6-5-7-10-17)16-13-18(27-2)15-19(14-16)28-3/h13-15,17H,4-12H2,1-3H3. The number of methoxy groups -OCH3 is 2. The first kappa shape index (κ1) is 22.5. The van der Waals surface area contributed by atoms with Crippen molar-refractivity contribution in [2.45, 2.75) is 63.1 Å². The largest absolute Gasteiger partial charge is 0.497 e. The third-order valence-electron chi connectivity index (χ3n) is 5.28. The fourth-order valence-corrected chi connectivity index (χ4v) is 4.73. The van der Waals surface area contributed by atoms with E-state index < -0.39 is 0 Å². The van der Waals surface area contributed by atoms with E-state index in [4.69, 9.17) is 14.2 Å². The van der Waals surface area contributed by atoms with Gasteiger partial charge in [-0.1, -0.05) is 31.0 Å². The Hall–Kier alpha value is -2.22.